The Morgan fingerprint density at radius 3 is 2.35 bits per heavy atom. The van der Waals surface area contributed by atoms with E-state index in [1.807, 2.05) is 0 Å². The molecule has 0 aliphatic carbocycles. The number of aromatic hydroxyl groups is 1. The van der Waals surface area contributed by atoms with E-state index in [2.05, 4.69) is 31.2 Å². The van der Waals surface area contributed by atoms with Crippen LogP contribution in [0.15, 0.2) is 57.0 Å². The number of nitrogens with two attached hydrogens (primary N) is 1. The molecule has 0 bridgehead atoms. The van der Waals surface area contributed by atoms with Gasteiger partial charge in [-0.3, -0.25) is 28.7 Å². The molecule has 0 saturated carbocycles. The Bertz CT molecular complexity index is 1900. The maximum atomic E-state index is 13.9. The fourth-order valence-electron chi connectivity index (χ4n) is 5.65. The highest BCUT2D eigenvalue weighted by Crippen LogP contribution is 2.27. The van der Waals surface area contributed by atoms with Crippen molar-refractivity contribution in [2.75, 3.05) is 13.6 Å². The number of amides is 5. The number of likely N-dealkylation sites (N-methyl/N-ethyl adjacent to an activating group) is 1. The van der Waals surface area contributed by atoms with E-state index in [9.17, 15) is 48.9 Å². The number of aliphatic hydroxyl groups is 1. The van der Waals surface area contributed by atoms with Gasteiger partial charge in [0.2, 0.25) is 17.7 Å². The number of H-pyrrole nitrogens is 1. The van der Waals surface area contributed by atoms with Gasteiger partial charge in [0, 0.05) is 50.5 Å². The van der Waals surface area contributed by atoms with Gasteiger partial charge in [-0.2, -0.15) is 0 Å². The summed E-state index contributed by atoms with van der Waals surface area (Å²) in [4.78, 5) is 96.9. The molecule has 8 atom stereocenters. The van der Waals surface area contributed by atoms with Crippen molar-refractivity contribution < 1.29 is 44.0 Å². The molecule has 0 spiro atoms. The average molecular weight is 774 g/mol. The summed E-state index contributed by atoms with van der Waals surface area (Å²) in [5.41, 5.74) is 6.78. The summed E-state index contributed by atoms with van der Waals surface area (Å²) in [6.07, 6.45) is -2.29. The van der Waals surface area contributed by atoms with Crippen LogP contribution in [0.3, 0.4) is 0 Å². The van der Waals surface area contributed by atoms with Crippen LogP contribution in [0.4, 0.5) is 4.79 Å². The molecular formula is C33H43N9O11S. The number of aliphatic hydroxyl groups excluding tert-OH is 1. The highest BCUT2D eigenvalue weighted by molar-refractivity contribution is 7.07. The molecule has 5 amide bonds. The van der Waals surface area contributed by atoms with Crippen LogP contribution in [0.2, 0.25) is 0 Å². The third-order valence-electron chi connectivity index (χ3n) is 8.70. The average Bonchev–Trinajstić information content (AvgIpc) is 3.77. The molecule has 54 heavy (non-hydrogen) atoms. The van der Waals surface area contributed by atoms with Gasteiger partial charge in [-0.1, -0.05) is 12.1 Å². The van der Waals surface area contributed by atoms with Gasteiger partial charge in [-0.15, -0.1) is 11.3 Å². The minimum atomic E-state index is -1.45. The van der Waals surface area contributed by atoms with E-state index in [0.29, 0.717) is 11.3 Å². The number of urea groups is 1. The van der Waals surface area contributed by atoms with E-state index in [1.165, 1.54) is 73.1 Å². The Morgan fingerprint density at radius 1 is 1.06 bits per heavy atom. The molecule has 3 aromatic rings. The van der Waals surface area contributed by atoms with Crippen LogP contribution in [0, 0.1) is 0 Å². The number of nitrogens with one attached hydrogen (secondary N) is 5. The SMILES string of the molecule is C[C@H](N)C(=O)N(C)[C@@H](C)C(NC(=O)[C@H](Cc1cscn1)NC(=O)N[C@@H](Cc1ccc(O)cc1)C(=O)O)C(=O)NC[C@H]1C[C@@H](O)[C@H](n2ccc(=O)[nH]c2=O)O1. The second kappa shape index (κ2) is 18.4. The number of carboxylic acid groups (broad SMARTS) is 1. The molecule has 1 aliphatic heterocycles. The van der Waals surface area contributed by atoms with Gasteiger partial charge < -0.3 is 52.0 Å². The van der Waals surface area contributed by atoms with Crippen LogP contribution in [-0.2, 0) is 36.8 Å². The van der Waals surface area contributed by atoms with Crippen molar-refractivity contribution in [3.05, 3.63) is 79.5 Å². The number of carbonyl (C=O) groups excluding carboxylic acids is 4. The summed E-state index contributed by atoms with van der Waals surface area (Å²) in [5, 5.41) is 41.6. The lowest BCUT2D eigenvalue weighted by molar-refractivity contribution is -0.139. The number of aromatic nitrogens is 3. The first-order valence-corrected chi connectivity index (χ1v) is 17.7. The predicted octanol–water partition coefficient (Wildman–Crippen LogP) is -2.25. The number of carbonyl (C=O) groups is 5. The zero-order valence-electron chi connectivity index (χ0n) is 29.5. The van der Waals surface area contributed by atoms with Crippen LogP contribution in [0.1, 0.15) is 37.8 Å². The van der Waals surface area contributed by atoms with Crippen molar-refractivity contribution in [1.29, 1.82) is 0 Å². The first kappa shape index (κ1) is 41.1. The number of ether oxygens (including phenoxy) is 1. The quantitative estimate of drug-likeness (QED) is 0.0744. The number of aliphatic carboxylic acids is 1. The highest BCUT2D eigenvalue weighted by Gasteiger charge is 2.38. The molecule has 292 valence electrons. The summed E-state index contributed by atoms with van der Waals surface area (Å²) in [6, 6.07) is -0.419. The largest absolute Gasteiger partial charge is 0.508 e. The van der Waals surface area contributed by atoms with Gasteiger partial charge >= 0.3 is 17.7 Å². The van der Waals surface area contributed by atoms with Crippen molar-refractivity contribution in [3.63, 3.8) is 0 Å². The van der Waals surface area contributed by atoms with E-state index in [1.54, 1.807) is 5.38 Å². The van der Waals surface area contributed by atoms with E-state index in [0.717, 1.165) is 10.6 Å². The van der Waals surface area contributed by atoms with Gasteiger partial charge in [0.25, 0.3) is 5.56 Å². The summed E-state index contributed by atoms with van der Waals surface area (Å²) in [7, 11) is 1.39. The number of carboxylic acids is 1. The zero-order chi connectivity index (χ0) is 39.7. The van der Waals surface area contributed by atoms with E-state index in [-0.39, 0.29) is 31.6 Å². The molecule has 0 radical (unpaired) electrons. The molecule has 1 fully saturated rings. The zero-order valence-corrected chi connectivity index (χ0v) is 30.3. The Kier molecular flexibility index (Phi) is 14.0. The Hall–Kier alpha value is -5.64. The third kappa shape index (κ3) is 10.9. The smallest absolute Gasteiger partial charge is 0.330 e. The molecule has 1 unspecified atom stereocenters. The van der Waals surface area contributed by atoms with Crippen molar-refractivity contribution in [3.8, 4) is 5.75 Å². The second-order valence-electron chi connectivity index (χ2n) is 12.8. The number of phenols is 1. The fraction of sp³-hybridized carbons (Fsp3) is 0.455. The summed E-state index contributed by atoms with van der Waals surface area (Å²) in [5.74, 6) is -3.58. The Morgan fingerprint density at radius 2 is 1.74 bits per heavy atom. The van der Waals surface area contributed by atoms with Crippen LogP contribution < -0.4 is 38.2 Å². The van der Waals surface area contributed by atoms with Crippen molar-refractivity contribution in [2.24, 2.45) is 5.73 Å². The second-order valence-corrected chi connectivity index (χ2v) is 13.5. The molecular weight excluding hydrogens is 730 g/mol. The van der Waals surface area contributed by atoms with Gasteiger partial charge in [0.1, 0.15) is 30.0 Å². The monoisotopic (exact) mass is 773 g/mol. The number of rotatable bonds is 16. The number of benzene rings is 1. The van der Waals surface area contributed by atoms with E-state index >= 15 is 0 Å². The number of aromatic amines is 1. The number of hydrogen-bond donors (Lipinski definition) is 9. The molecule has 1 aromatic carbocycles. The van der Waals surface area contributed by atoms with Gasteiger partial charge in [0.05, 0.1) is 29.4 Å². The topological polar surface area (TPSA) is 300 Å². The molecule has 1 aliphatic rings. The Labute approximate surface area is 311 Å². The summed E-state index contributed by atoms with van der Waals surface area (Å²) < 4.78 is 6.80. The third-order valence-corrected chi connectivity index (χ3v) is 9.34. The fourth-order valence-corrected chi connectivity index (χ4v) is 6.22. The lowest BCUT2D eigenvalue weighted by Gasteiger charge is -2.33. The van der Waals surface area contributed by atoms with Gasteiger partial charge in [0.15, 0.2) is 6.23 Å². The highest BCUT2D eigenvalue weighted by atomic mass is 32.1. The van der Waals surface area contributed by atoms with Crippen LogP contribution >= 0.6 is 11.3 Å². The molecule has 21 heteroatoms. The molecule has 2 aromatic heterocycles. The van der Waals surface area contributed by atoms with Crippen LogP contribution in [-0.4, -0.2) is 120 Å². The number of hydrogen-bond acceptors (Lipinski definition) is 13. The lowest BCUT2D eigenvalue weighted by Crippen LogP contribution is -2.63. The van der Waals surface area contributed by atoms with E-state index in [4.69, 9.17) is 10.5 Å². The number of nitrogens with zero attached hydrogens (tertiary/aromatic N) is 3. The maximum Gasteiger partial charge on any atom is 0.330 e. The van der Waals surface area contributed by atoms with Gasteiger partial charge in [-0.05, 0) is 31.5 Å². The van der Waals surface area contributed by atoms with Crippen LogP contribution in [0.5, 0.6) is 5.75 Å². The van der Waals surface area contributed by atoms with Gasteiger partial charge in [-0.25, -0.2) is 19.4 Å². The van der Waals surface area contributed by atoms with Crippen LogP contribution in [0.25, 0.3) is 0 Å². The lowest BCUT2D eigenvalue weighted by atomic mass is 10.0. The standard InChI is InChI=1S/C33H43N9O11S/c1-16(34)29(48)41(3)17(2)26(28(47)35-13-21-12-24(44)30(53-21)42-9-8-25(45)39-33(42)52)40-27(46)22(11-19-14-54-15-36-19)37-32(51)38-23(31(49)50)10-18-4-6-20(43)7-5-18/h4-9,14-17,21-24,26,30,43-44H,10-13,34H2,1-3H3,(H,35,47)(H,40,46)(H,49,50)(H2,37,38,51)(H,39,45,52)/t16-,17-,21+,22-,23-,24+,26?,30+/m0/s1. The molecule has 20 nitrogen and oxygen atoms in total. The van der Waals surface area contributed by atoms with E-state index < -0.39 is 89.6 Å². The predicted molar refractivity (Wildman–Crippen MR) is 191 cm³/mol. The minimum absolute atomic E-state index is 0.00893. The number of phenolic OH excluding ortho intramolecular Hbond substituents is 1. The van der Waals surface area contributed by atoms with Crippen molar-refractivity contribution in [1.82, 2.24) is 40.7 Å². The normalized spacial score (nSPS) is 19.4. The summed E-state index contributed by atoms with van der Waals surface area (Å²) >= 11 is 1.23. The minimum Gasteiger partial charge on any atom is -0.508 e. The maximum absolute atomic E-state index is 13.9. The summed E-state index contributed by atoms with van der Waals surface area (Å²) in [6.45, 7) is 2.75. The molecule has 4 rings (SSSR count). The number of thiazole rings is 1. The molecule has 3 heterocycles. The van der Waals surface area contributed by atoms with Crippen molar-refractivity contribution >= 4 is 41.1 Å². The molecule has 10 N–H and O–H groups in total. The first-order chi connectivity index (χ1) is 25.5. The molecule has 1 saturated heterocycles. The Balaban J connectivity index is 1.51. The van der Waals surface area contributed by atoms with Crippen molar-refractivity contribution in [2.45, 2.75) is 81.8 Å². The first-order valence-electron chi connectivity index (χ1n) is 16.7.